The number of phenols is 1. The van der Waals surface area contributed by atoms with Crippen molar-refractivity contribution in [1.82, 2.24) is 9.78 Å². The summed E-state index contributed by atoms with van der Waals surface area (Å²) in [6.45, 7) is 0. The van der Waals surface area contributed by atoms with E-state index < -0.39 is 0 Å². The zero-order chi connectivity index (χ0) is 11.1. The van der Waals surface area contributed by atoms with Crippen LogP contribution in [0, 0.1) is 0 Å². The van der Waals surface area contributed by atoms with Gasteiger partial charge in [-0.2, -0.15) is 5.10 Å². The molecule has 0 aliphatic heterocycles. The lowest BCUT2D eigenvalue weighted by molar-refractivity contribution is 0.476. The van der Waals surface area contributed by atoms with Crippen molar-refractivity contribution in [3.8, 4) is 5.75 Å². The van der Waals surface area contributed by atoms with Crippen LogP contribution in [0.15, 0.2) is 18.2 Å². The maximum Gasteiger partial charge on any atom is 0.116 e. The summed E-state index contributed by atoms with van der Waals surface area (Å²) in [5.74, 6) is 0.922. The summed E-state index contributed by atoms with van der Waals surface area (Å²) in [6, 6.07) is 5.51. The molecular formula is C13H16N2O. The monoisotopic (exact) mass is 216 g/mol. The molecule has 1 heterocycles. The molecule has 84 valence electrons. The minimum absolute atomic E-state index is 0.333. The van der Waals surface area contributed by atoms with E-state index in [1.54, 1.807) is 6.07 Å². The number of aryl methyl sites for hydroxylation is 1. The Morgan fingerprint density at radius 1 is 1.31 bits per heavy atom. The van der Waals surface area contributed by atoms with Gasteiger partial charge in [-0.05, 0) is 31.0 Å². The lowest BCUT2D eigenvalue weighted by atomic mass is 10.0. The van der Waals surface area contributed by atoms with Crippen LogP contribution in [0.1, 0.15) is 37.3 Å². The third kappa shape index (κ3) is 1.39. The first kappa shape index (κ1) is 9.70. The average Bonchev–Trinajstić information content (AvgIpc) is 2.86. The van der Waals surface area contributed by atoms with E-state index >= 15 is 0 Å². The summed E-state index contributed by atoms with van der Waals surface area (Å²) in [4.78, 5) is 0. The van der Waals surface area contributed by atoms with E-state index in [0.29, 0.717) is 11.7 Å². The van der Waals surface area contributed by atoms with Crippen LogP contribution < -0.4 is 0 Å². The maximum absolute atomic E-state index is 9.57. The van der Waals surface area contributed by atoms with Crippen molar-refractivity contribution in [2.45, 2.75) is 31.6 Å². The molecule has 0 radical (unpaired) electrons. The molecule has 1 fully saturated rings. The highest BCUT2D eigenvalue weighted by Gasteiger charge is 2.22. The summed E-state index contributed by atoms with van der Waals surface area (Å²) in [7, 11) is 1.97. The van der Waals surface area contributed by atoms with E-state index in [2.05, 4.69) is 5.10 Å². The molecule has 1 aliphatic carbocycles. The topological polar surface area (TPSA) is 38.0 Å². The van der Waals surface area contributed by atoms with Crippen LogP contribution in [0.4, 0.5) is 0 Å². The van der Waals surface area contributed by atoms with Gasteiger partial charge in [-0.1, -0.05) is 12.8 Å². The second kappa shape index (κ2) is 3.51. The van der Waals surface area contributed by atoms with E-state index in [4.69, 9.17) is 0 Å². The molecule has 0 bridgehead atoms. The third-order valence-electron chi connectivity index (χ3n) is 3.60. The molecule has 0 amide bonds. The SMILES string of the molecule is Cn1nc(C2CCCC2)c2cc(O)ccc21. The predicted octanol–water partition coefficient (Wildman–Crippen LogP) is 2.94. The summed E-state index contributed by atoms with van der Waals surface area (Å²) in [5.41, 5.74) is 2.28. The fourth-order valence-corrected chi connectivity index (χ4v) is 2.78. The minimum Gasteiger partial charge on any atom is -0.508 e. The van der Waals surface area contributed by atoms with Crippen molar-refractivity contribution in [3.05, 3.63) is 23.9 Å². The van der Waals surface area contributed by atoms with Crippen molar-refractivity contribution >= 4 is 10.9 Å². The normalized spacial score (nSPS) is 17.3. The summed E-state index contributed by atoms with van der Waals surface area (Å²) < 4.78 is 1.92. The van der Waals surface area contributed by atoms with Gasteiger partial charge < -0.3 is 5.11 Å². The van der Waals surface area contributed by atoms with Crippen LogP contribution in [0.2, 0.25) is 0 Å². The standard InChI is InChI=1S/C13H16N2O/c1-15-12-7-6-10(16)8-11(12)13(14-15)9-4-2-3-5-9/h6-9,16H,2-5H2,1H3. The Morgan fingerprint density at radius 2 is 2.06 bits per heavy atom. The molecule has 0 spiro atoms. The largest absolute Gasteiger partial charge is 0.508 e. The van der Waals surface area contributed by atoms with E-state index in [1.165, 1.54) is 31.4 Å². The van der Waals surface area contributed by atoms with Crippen LogP contribution in [-0.2, 0) is 7.05 Å². The van der Waals surface area contributed by atoms with Gasteiger partial charge in [-0.25, -0.2) is 0 Å². The second-order valence-corrected chi connectivity index (χ2v) is 4.69. The number of hydrogen-bond acceptors (Lipinski definition) is 2. The highest BCUT2D eigenvalue weighted by Crippen LogP contribution is 2.37. The van der Waals surface area contributed by atoms with Gasteiger partial charge in [-0.15, -0.1) is 0 Å². The van der Waals surface area contributed by atoms with Gasteiger partial charge in [0.1, 0.15) is 5.75 Å². The van der Waals surface area contributed by atoms with Gasteiger partial charge in [0.2, 0.25) is 0 Å². The average molecular weight is 216 g/mol. The maximum atomic E-state index is 9.57. The van der Waals surface area contributed by atoms with Crippen molar-refractivity contribution in [1.29, 1.82) is 0 Å². The number of fused-ring (bicyclic) bond motifs is 1. The minimum atomic E-state index is 0.333. The molecule has 2 aromatic rings. The van der Waals surface area contributed by atoms with Crippen LogP contribution in [-0.4, -0.2) is 14.9 Å². The number of rotatable bonds is 1. The van der Waals surface area contributed by atoms with Gasteiger partial charge >= 0.3 is 0 Å². The molecule has 1 aliphatic rings. The Kier molecular flexibility index (Phi) is 2.13. The fourth-order valence-electron chi connectivity index (χ4n) is 2.78. The van der Waals surface area contributed by atoms with E-state index in [9.17, 15) is 5.11 Å². The molecule has 3 heteroatoms. The van der Waals surface area contributed by atoms with E-state index in [1.807, 2.05) is 23.9 Å². The number of hydrogen-bond donors (Lipinski definition) is 1. The van der Waals surface area contributed by atoms with E-state index in [-0.39, 0.29) is 0 Å². The van der Waals surface area contributed by atoms with Crippen molar-refractivity contribution in [3.63, 3.8) is 0 Å². The van der Waals surface area contributed by atoms with Gasteiger partial charge in [-0.3, -0.25) is 4.68 Å². The summed E-state index contributed by atoms with van der Waals surface area (Å²) in [6.07, 6.45) is 5.09. The molecule has 16 heavy (non-hydrogen) atoms. The van der Waals surface area contributed by atoms with E-state index in [0.717, 1.165) is 10.9 Å². The molecule has 1 saturated carbocycles. The second-order valence-electron chi connectivity index (χ2n) is 4.69. The van der Waals surface area contributed by atoms with Crippen LogP contribution in [0.5, 0.6) is 5.75 Å². The molecule has 0 atom stereocenters. The Balaban J connectivity index is 2.19. The first-order valence-corrected chi connectivity index (χ1v) is 5.91. The molecule has 3 rings (SSSR count). The predicted molar refractivity (Wildman–Crippen MR) is 63.6 cm³/mol. The quantitative estimate of drug-likeness (QED) is 0.795. The van der Waals surface area contributed by atoms with Crippen molar-refractivity contribution in [2.24, 2.45) is 7.05 Å². The summed E-state index contributed by atoms with van der Waals surface area (Å²) in [5, 5.41) is 15.3. The van der Waals surface area contributed by atoms with Gasteiger partial charge in [0.15, 0.2) is 0 Å². The lowest BCUT2D eigenvalue weighted by Crippen LogP contribution is -1.96. The van der Waals surface area contributed by atoms with Crippen molar-refractivity contribution in [2.75, 3.05) is 0 Å². The molecule has 1 aromatic carbocycles. The van der Waals surface area contributed by atoms with Crippen LogP contribution >= 0.6 is 0 Å². The molecular weight excluding hydrogens is 200 g/mol. The zero-order valence-corrected chi connectivity index (χ0v) is 9.48. The summed E-state index contributed by atoms with van der Waals surface area (Å²) >= 11 is 0. The molecule has 1 aromatic heterocycles. The molecule has 1 N–H and O–H groups in total. The number of nitrogens with zero attached hydrogens (tertiary/aromatic N) is 2. The molecule has 0 unspecified atom stereocenters. The number of benzene rings is 1. The first-order valence-electron chi connectivity index (χ1n) is 5.91. The number of aromatic nitrogens is 2. The molecule has 3 nitrogen and oxygen atoms in total. The third-order valence-corrected chi connectivity index (χ3v) is 3.60. The number of aromatic hydroxyl groups is 1. The smallest absolute Gasteiger partial charge is 0.116 e. The number of phenolic OH excluding ortho intramolecular Hbond substituents is 1. The Hall–Kier alpha value is -1.51. The molecule has 0 saturated heterocycles. The lowest BCUT2D eigenvalue weighted by Gasteiger charge is -2.05. The van der Waals surface area contributed by atoms with Crippen molar-refractivity contribution < 1.29 is 5.11 Å². The van der Waals surface area contributed by atoms with Crippen LogP contribution in [0.3, 0.4) is 0 Å². The highest BCUT2D eigenvalue weighted by molar-refractivity contribution is 5.83. The zero-order valence-electron chi connectivity index (χ0n) is 9.48. The van der Waals surface area contributed by atoms with Gasteiger partial charge in [0.05, 0.1) is 11.2 Å². The first-order chi connectivity index (χ1) is 7.75. The highest BCUT2D eigenvalue weighted by atomic mass is 16.3. The van der Waals surface area contributed by atoms with Crippen LogP contribution in [0.25, 0.3) is 10.9 Å². The Morgan fingerprint density at radius 3 is 2.81 bits per heavy atom. The Bertz CT molecular complexity index is 524. The fraction of sp³-hybridized carbons (Fsp3) is 0.462. The Labute approximate surface area is 94.7 Å². The van der Waals surface area contributed by atoms with Gasteiger partial charge in [0, 0.05) is 18.4 Å². The van der Waals surface area contributed by atoms with Gasteiger partial charge in [0.25, 0.3) is 0 Å².